The standard InChI is InChI=1S/C11H23N3O2S/c1-17(16)8-2-5-13-11(15)9-14-6-3-10(12)4-7-14/h10H,2-9,12H2,1H3,(H,13,15). The molecule has 0 aliphatic carbocycles. The van der Waals surface area contributed by atoms with Crippen molar-refractivity contribution >= 4 is 16.7 Å². The monoisotopic (exact) mass is 261 g/mol. The molecule has 1 aliphatic rings. The number of nitrogens with one attached hydrogen (secondary N) is 1. The lowest BCUT2D eigenvalue weighted by molar-refractivity contribution is -0.122. The van der Waals surface area contributed by atoms with Gasteiger partial charge >= 0.3 is 0 Å². The molecule has 1 atom stereocenters. The minimum Gasteiger partial charge on any atom is -0.355 e. The average Bonchev–Trinajstić information content (AvgIpc) is 2.27. The van der Waals surface area contributed by atoms with Gasteiger partial charge in [0.2, 0.25) is 5.91 Å². The van der Waals surface area contributed by atoms with Crippen LogP contribution in [-0.2, 0) is 15.6 Å². The zero-order valence-corrected chi connectivity index (χ0v) is 11.3. The molecule has 1 heterocycles. The molecule has 17 heavy (non-hydrogen) atoms. The van der Waals surface area contributed by atoms with Gasteiger partial charge in [0.15, 0.2) is 0 Å². The second kappa shape index (κ2) is 7.79. The molecular formula is C11H23N3O2S. The molecule has 0 aromatic heterocycles. The number of likely N-dealkylation sites (tertiary alicyclic amines) is 1. The molecule has 1 aliphatic heterocycles. The summed E-state index contributed by atoms with van der Waals surface area (Å²) in [5, 5.41) is 2.85. The lowest BCUT2D eigenvalue weighted by Crippen LogP contribution is -2.44. The topological polar surface area (TPSA) is 75.4 Å². The van der Waals surface area contributed by atoms with Crippen molar-refractivity contribution in [2.45, 2.75) is 25.3 Å². The van der Waals surface area contributed by atoms with E-state index in [0.29, 0.717) is 24.9 Å². The van der Waals surface area contributed by atoms with Crippen LogP contribution in [0.5, 0.6) is 0 Å². The third kappa shape index (κ3) is 6.75. The summed E-state index contributed by atoms with van der Waals surface area (Å²) in [6.45, 7) is 2.90. The van der Waals surface area contributed by atoms with E-state index in [1.807, 2.05) is 0 Å². The Kier molecular flexibility index (Phi) is 6.69. The van der Waals surface area contributed by atoms with Crippen LogP contribution in [0.25, 0.3) is 0 Å². The summed E-state index contributed by atoms with van der Waals surface area (Å²) in [5.41, 5.74) is 5.80. The zero-order chi connectivity index (χ0) is 12.7. The number of piperidine rings is 1. The minimum absolute atomic E-state index is 0.0577. The molecule has 6 heteroatoms. The first-order valence-corrected chi connectivity index (χ1v) is 7.85. The fraction of sp³-hybridized carbons (Fsp3) is 0.909. The van der Waals surface area contributed by atoms with Crippen molar-refractivity contribution in [2.75, 3.05) is 38.2 Å². The van der Waals surface area contributed by atoms with Gasteiger partial charge < -0.3 is 11.1 Å². The number of nitrogens with zero attached hydrogens (tertiary/aromatic N) is 1. The molecule has 0 bridgehead atoms. The quantitative estimate of drug-likeness (QED) is 0.620. The number of nitrogens with two attached hydrogens (primary N) is 1. The molecule has 1 rings (SSSR count). The third-order valence-corrected chi connectivity index (χ3v) is 3.79. The number of carbonyl (C=O) groups excluding carboxylic acids is 1. The van der Waals surface area contributed by atoms with Crippen LogP contribution in [0.3, 0.4) is 0 Å². The van der Waals surface area contributed by atoms with Crippen molar-refractivity contribution in [2.24, 2.45) is 5.73 Å². The van der Waals surface area contributed by atoms with E-state index in [1.54, 1.807) is 6.26 Å². The van der Waals surface area contributed by atoms with E-state index in [2.05, 4.69) is 10.2 Å². The van der Waals surface area contributed by atoms with Gasteiger partial charge in [-0.2, -0.15) is 0 Å². The maximum Gasteiger partial charge on any atom is 0.234 e. The van der Waals surface area contributed by atoms with Crippen LogP contribution in [0, 0.1) is 0 Å². The second-order valence-electron chi connectivity index (χ2n) is 4.59. The van der Waals surface area contributed by atoms with Crippen molar-refractivity contribution in [3.8, 4) is 0 Å². The van der Waals surface area contributed by atoms with Gasteiger partial charge in [-0.15, -0.1) is 0 Å². The Morgan fingerprint density at radius 1 is 1.47 bits per heavy atom. The number of rotatable bonds is 6. The van der Waals surface area contributed by atoms with Crippen LogP contribution in [0.1, 0.15) is 19.3 Å². The SMILES string of the molecule is CS(=O)CCCNC(=O)CN1CCC(N)CC1. The van der Waals surface area contributed by atoms with Crippen molar-refractivity contribution in [3.05, 3.63) is 0 Å². The van der Waals surface area contributed by atoms with E-state index in [-0.39, 0.29) is 5.91 Å². The molecule has 0 aromatic carbocycles. The molecule has 100 valence electrons. The summed E-state index contributed by atoms with van der Waals surface area (Å²) in [5.74, 6) is 0.709. The lowest BCUT2D eigenvalue weighted by Gasteiger charge is -2.29. The summed E-state index contributed by atoms with van der Waals surface area (Å²) < 4.78 is 10.8. The van der Waals surface area contributed by atoms with Crippen LogP contribution >= 0.6 is 0 Å². The molecule has 1 fully saturated rings. The molecule has 1 unspecified atom stereocenters. The maximum atomic E-state index is 11.6. The fourth-order valence-electron chi connectivity index (χ4n) is 1.87. The highest BCUT2D eigenvalue weighted by Crippen LogP contribution is 2.07. The smallest absolute Gasteiger partial charge is 0.234 e. The molecule has 0 aromatic rings. The second-order valence-corrected chi connectivity index (χ2v) is 6.15. The number of amides is 1. The van der Waals surface area contributed by atoms with Gasteiger partial charge in [-0.3, -0.25) is 13.9 Å². The van der Waals surface area contributed by atoms with Gasteiger partial charge in [-0.05, 0) is 19.3 Å². The summed E-state index contributed by atoms with van der Waals surface area (Å²) >= 11 is 0. The highest BCUT2D eigenvalue weighted by Gasteiger charge is 2.17. The lowest BCUT2D eigenvalue weighted by atomic mass is 10.1. The number of hydrogen-bond donors (Lipinski definition) is 2. The van der Waals surface area contributed by atoms with Crippen LogP contribution in [0.4, 0.5) is 0 Å². The highest BCUT2D eigenvalue weighted by atomic mass is 32.2. The fourth-order valence-corrected chi connectivity index (χ4v) is 2.42. The van der Waals surface area contributed by atoms with Gasteiger partial charge in [0.05, 0.1) is 6.54 Å². The Morgan fingerprint density at radius 3 is 2.71 bits per heavy atom. The third-order valence-electron chi connectivity index (χ3n) is 2.93. The minimum atomic E-state index is -0.766. The van der Waals surface area contributed by atoms with E-state index in [1.165, 1.54) is 0 Å². The Labute approximate surface area is 106 Å². The molecule has 3 N–H and O–H groups in total. The van der Waals surface area contributed by atoms with E-state index < -0.39 is 10.8 Å². The van der Waals surface area contributed by atoms with Gasteiger partial charge in [0.25, 0.3) is 0 Å². The average molecular weight is 261 g/mol. The molecule has 1 saturated heterocycles. The predicted octanol–water partition coefficient (Wildman–Crippen LogP) is -0.706. The van der Waals surface area contributed by atoms with Gasteiger partial charge in [0.1, 0.15) is 0 Å². The van der Waals surface area contributed by atoms with Crippen LogP contribution in [-0.4, -0.2) is 59.2 Å². The summed E-state index contributed by atoms with van der Waals surface area (Å²) in [7, 11) is -0.766. The Hall–Kier alpha value is -0.460. The first-order chi connectivity index (χ1) is 8.08. The number of carbonyl (C=O) groups is 1. The molecule has 0 spiro atoms. The van der Waals surface area contributed by atoms with E-state index in [4.69, 9.17) is 5.73 Å². The summed E-state index contributed by atoms with van der Waals surface area (Å²) in [4.78, 5) is 13.7. The highest BCUT2D eigenvalue weighted by molar-refractivity contribution is 7.84. The molecule has 0 radical (unpaired) electrons. The van der Waals surface area contributed by atoms with Crippen LogP contribution < -0.4 is 11.1 Å². The first-order valence-electron chi connectivity index (χ1n) is 6.12. The molecular weight excluding hydrogens is 238 g/mol. The zero-order valence-electron chi connectivity index (χ0n) is 10.5. The predicted molar refractivity (Wildman–Crippen MR) is 70.2 cm³/mol. The van der Waals surface area contributed by atoms with Crippen LogP contribution in [0.2, 0.25) is 0 Å². The van der Waals surface area contributed by atoms with E-state index in [0.717, 1.165) is 32.4 Å². The van der Waals surface area contributed by atoms with Gasteiger partial charge in [0, 0.05) is 48.5 Å². The summed E-state index contributed by atoms with van der Waals surface area (Å²) in [6.07, 6.45) is 4.41. The van der Waals surface area contributed by atoms with Crippen molar-refractivity contribution in [1.29, 1.82) is 0 Å². The maximum absolute atomic E-state index is 11.6. The summed E-state index contributed by atoms with van der Waals surface area (Å²) in [6, 6.07) is 0.300. The van der Waals surface area contributed by atoms with E-state index >= 15 is 0 Å². The normalized spacial score (nSPS) is 20.1. The van der Waals surface area contributed by atoms with Gasteiger partial charge in [-0.25, -0.2) is 0 Å². The molecule has 1 amide bonds. The van der Waals surface area contributed by atoms with Crippen molar-refractivity contribution in [1.82, 2.24) is 10.2 Å². The van der Waals surface area contributed by atoms with Crippen molar-refractivity contribution < 1.29 is 9.00 Å². The first kappa shape index (κ1) is 14.6. The largest absolute Gasteiger partial charge is 0.355 e. The van der Waals surface area contributed by atoms with Gasteiger partial charge in [-0.1, -0.05) is 0 Å². The Bertz CT molecular complexity index is 265. The molecule has 5 nitrogen and oxygen atoms in total. The van der Waals surface area contributed by atoms with E-state index in [9.17, 15) is 9.00 Å². The molecule has 0 saturated carbocycles. The van der Waals surface area contributed by atoms with Crippen molar-refractivity contribution in [3.63, 3.8) is 0 Å². The number of hydrogen-bond acceptors (Lipinski definition) is 4. The van der Waals surface area contributed by atoms with Crippen LogP contribution in [0.15, 0.2) is 0 Å². The Balaban J connectivity index is 2.06. The Morgan fingerprint density at radius 2 is 2.12 bits per heavy atom.